The van der Waals surface area contributed by atoms with Crippen LogP contribution >= 0.6 is 0 Å². The summed E-state index contributed by atoms with van der Waals surface area (Å²) < 4.78 is 5.32. The second-order valence-electron chi connectivity index (χ2n) is 5.20. The normalized spacial score (nSPS) is 23.7. The first kappa shape index (κ1) is 12.0. The predicted octanol–water partition coefficient (Wildman–Crippen LogP) is 2.60. The van der Waals surface area contributed by atoms with Gasteiger partial charge in [-0.2, -0.15) is 0 Å². The number of amides is 2. The van der Waals surface area contributed by atoms with Crippen molar-refractivity contribution in [3.05, 3.63) is 47.0 Å². The molecule has 0 bridgehead atoms. The molecule has 0 N–H and O–H groups in total. The Hall–Kier alpha value is -2.10. The molecule has 1 aromatic rings. The lowest BCUT2D eigenvalue weighted by Gasteiger charge is -2.18. The van der Waals surface area contributed by atoms with Crippen LogP contribution in [0.1, 0.15) is 31.0 Å². The summed E-state index contributed by atoms with van der Waals surface area (Å²) in [6.45, 7) is 3.67. The second-order valence-corrected chi connectivity index (χ2v) is 5.20. The molecule has 1 fully saturated rings. The topological polar surface area (TPSA) is 46.6 Å². The largest absolute Gasteiger partial charge is 0.443 e. The van der Waals surface area contributed by atoms with Gasteiger partial charge in [-0.1, -0.05) is 29.8 Å². The van der Waals surface area contributed by atoms with Gasteiger partial charge in [0.05, 0.1) is 0 Å². The average Bonchev–Trinajstić information content (AvgIpc) is 2.82. The van der Waals surface area contributed by atoms with Crippen LogP contribution in [0, 0.1) is 0 Å². The monoisotopic (exact) mass is 257 g/mol. The number of hydrogen-bond acceptors (Lipinski definition) is 3. The predicted molar refractivity (Wildman–Crippen MR) is 69.4 cm³/mol. The van der Waals surface area contributed by atoms with Crippen molar-refractivity contribution in [1.82, 2.24) is 4.90 Å². The minimum absolute atomic E-state index is 0.237. The highest BCUT2D eigenvalue weighted by Crippen LogP contribution is 2.42. The maximum Gasteiger partial charge on any atom is 0.417 e. The van der Waals surface area contributed by atoms with Gasteiger partial charge in [0.2, 0.25) is 0 Å². The molecule has 0 spiro atoms. The Morgan fingerprint density at radius 1 is 1.37 bits per heavy atom. The van der Waals surface area contributed by atoms with E-state index in [0.717, 1.165) is 16.7 Å². The molecule has 2 atom stereocenters. The number of benzene rings is 1. The van der Waals surface area contributed by atoms with E-state index in [9.17, 15) is 9.59 Å². The molecule has 1 aliphatic carbocycles. The van der Waals surface area contributed by atoms with E-state index >= 15 is 0 Å². The molecule has 98 valence electrons. The molecular weight excluding hydrogens is 242 g/mol. The summed E-state index contributed by atoms with van der Waals surface area (Å²) in [5.74, 6) is -0.297. The van der Waals surface area contributed by atoms with Gasteiger partial charge < -0.3 is 4.74 Å². The zero-order valence-corrected chi connectivity index (χ0v) is 10.9. The first-order valence-corrected chi connectivity index (χ1v) is 6.34. The summed E-state index contributed by atoms with van der Waals surface area (Å²) >= 11 is 0. The molecule has 1 heterocycles. The zero-order chi connectivity index (χ0) is 13.6. The molecule has 3 rings (SSSR count). The molecule has 1 aliphatic heterocycles. The highest BCUT2D eigenvalue weighted by molar-refractivity contribution is 6.00. The van der Waals surface area contributed by atoms with Gasteiger partial charge in [0.15, 0.2) is 0 Å². The fraction of sp³-hybridized carbons (Fsp3) is 0.333. The van der Waals surface area contributed by atoms with Gasteiger partial charge in [0, 0.05) is 12.5 Å². The van der Waals surface area contributed by atoms with Crippen molar-refractivity contribution >= 4 is 12.0 Å². The minimum atomic E-state index is -0.535. The van der Waals surface area contributed by atoms with Crippen LogP contribution in [-0.2, 0) is 16.0 Å². The van der Waals surface area contributed by atoms with Crippen LogP contribution in [0.5, 0.6) is 0 Å². The minimum Gasteiger partial charge on any atom is -0.443 e. The van der Waals surface area contributed by atoms with Crippen LogP contribution < -0.4 is 0 Å². The second kappa shape index (κ2) is 4.23. The van der Waals surface area contributed by atoms with E-state index < -0.39 is 6.09 Å². The number of hydrogen-bond donors (Lipinski definition) is 0. The molecular formula is C15H15NO3. The number of allylic oxidation sites excluding steroid dienone is 1. The SMILES string of the molecule is CC(C)=CC(=O)N1C(=O)OC2Cc3ccccc3[C@H]21. The van der Waals surface area contributed by atoms with E-state index in [1.807, 2.05) is 38.1 Å². The van der Waals surface area contributed by atoms with Crippen LogP contribution in [0.15, 0.2) is 35.9 Å². The first-order valence-electron chi connectivity index (χ1n) is 6.34. The molecule has 2 aliphatic rings. The number of carbonyl (C=O) groups excluding carboxylic acids is 2. The van der Waals surface area contributed by atoms with E-state index in [-0.39, 0.29) is 18.1 Å². The average molecular weight is 257 g/mol. The molecule has 2 amide bonds. The van der Waals surface area contributed by atoms with Crippen LogP contribution in [-0.4, -0.2) is 23.0 Å². The van der Waals surface area contributed by atoms with Crippen LogP contribution in [0.25, 0.3) is 0 Å². The Labute approximate surface area is 111 Å². The molecule has 1 unspecified atom stereocenters. The highest BCUT2D eigenvalue weighted by atomic mass is 16.6. The van der Waals surface area contributed by atoms with Gasteiger partial charge in [-0.15, -0.1) is 0 Å². The molecule has 19 heavy (non-hydrogen) atoms. The standard InChI is InChI=1S/C15H15NO3/c1-9(2)7-13(17)16-14-11-6-4-3-5-10(11)8-12(14)19-15(16)18/h3-7,12,14H,8H2,1-2H3/t12?,14-/m1/s1. The lowest BCUT2D eigenvalue weighted by atomic mass is 10.1. The van der Waals surface area contributed by atoms with Gasteiger partial charge in [-0.3, -0.25) is 4.79 Å². The fourth-order valence-electron chi connectivity index (χ4n) is 2.79. The van der Waals surface area contributed by atoms with Gasteiger partial charge in [0.25, 0.3) is 5.91 Å². The maximum atomic E-state index is 12.2. The smallest absolute Gasteiger partial charge is 0.417 e. The van der Waals surface area contributed by atoms with Gasteiger partial charge in [-0.05, 0) is 25.0 Å². The van der Waals surface area contributed by atoms with Crippen molar-refractivity contribution in [2.24, 2.45) is 0 Å². The number of ether oxygens (including phenoxy) is 1. The Balaban J connectivity index is 2.00. The summed E-state index contributed by atoms with van der Waals surface area (Å²) in [6, 6.07) is 7.60. The van der Waals surface area contributed by atoms with Crippen molar-refractivity contribution in [3.8, 4) is 0 Å². The Morgan fingerprint density at radius 3 is 2.84 bits per heavy atom. The van der Waals surface area contributed by atoms with Crippen molar-refractivity contribution in [1.29, 1.82) is 0 Å². The molecule has 1 aromatic carbocycles. The highest BCUT2D eigenvalue weighted by Gasteiger charge is 2.49. The van der Waals surface area contributed by atoms with Gasteiger partial charge >= 0.3 is 6.09 Å². The lowest BCUT2D eigenvalue weighted by Crippen LogP contribution is -2.33. The van der Waals surface area contributed by atoms with Gasteiger partial charge in [-0.25, -0.2) is 9.69 Å². The third-order valence-corrected chi connectivity index (χ3v) is 3.52. The van der Waals surface area contributed by atoms with Crippen molar-refractivity contribution in [2.45, 2.75) is 32.4 Å². The van der Waals surface area contributed by atoms with Crippen molar-refractivity contribution < 1.29 is 14.3 Å². The van der Waals surface area contributed by atoms with Crippen LogP contribution in [0.3, 0.4) is 0 Å². The number of imide groups is 1. The van der Waals surface area contributed by atoms with E-state index in [1.54, 1.807) is 0 Å². The van der Waals surface area contributed by atoms with Crippen molar-refractivity contribution in [2.75, 3.05) is 0 Å². The van der Waals surface area contributed by atoms with E-state index in [4.69, 9.17) is 4.74 Å². The molecule has 1 saturated heterocycles. The van der Waals surface area contributed by atoms with Crippen LogP contribution in [0.2, 0.25) is 0 Å². The van der Waals surface area contributed by atoms with Crippen LogP contribution in [0.4, 0.5) is 4.79 Å². The maximum absolute atomic E-state index is 12.2. The molecule has 0 saturated carbocycles. The first-order chi connectivity index (χ1) is 9.08. The number of rotatable bonds is 1. The van der Waals surface area contributed by atoms with E-state index in [2.05, 4.69) is 0 Å². The quantitative estimate of drug-likeness (QED) is 0.726. The van der Waals surface area contributed by atoms with Crippen molar-refractivity contribution in [3.63, 3.8) is 0 Å². The molecule has 0 radical (unpaired) electrons. The Kier molecular flexibility index (Phi) is 2.66. The Bertz CT molecular complexity index is 587. The third-order valence-electron chi connectivity index (χ3n) is 3.52. The number of fused-ring (bicyclic) bond motifs is 3. The summed E-state index contributed by atoms with van der Waals surface area (Å²) in [5, 5.41) is 0. The Morgan fingerprint density at radius 2 is 2.11 bits per heavy atom. The van der Waals surface area contributed by atoms with E-state index in [0.29, 0.717) is 6.42 Å². The summed E-state index contributed by atoms with van der Waals surface area (Å²) in [6.07, 6.45) is 1.39. The summed E-state index contributed by atoms with van der Waals surface area (Å²) in [7, 11) is 0. The van der Waals surface area contributed by atoms with E-state index in [1.165, 1.54) is 11.0 Å². The molecule has 0 aromatic heterocycles. The summed E-state index contributed by atoms with van der Waals surface area (Å²) in [4.78, 5) is 25.3. The lowest BCUT2D eigenvalue weighted by molar-refractivity contribution is -0.124. The molecule has 4 nitrogen and oxygen atoms in total. The fourth-order valence-corrected chi connectivity index (χ4v) is 2.79. The molecule has 4 heteroatoms. The summed E-state index contributed by atoms with van der Waals surface area (Å²) in [5.41, 5.74) is 3.04. The number of nitrogens with zero attached hydrogens (tertiary/aromatic N) is 1. The zero-order valence-electron chi connectivity index (χ0n) is 10.9. The number of carbonyl (C=O) groups is 2. The third kappa shape index (κ3) is 1.84. The van der Waals surface area contributed by atoms with Gasteiger partial charge in [0.1, 0.15) is 12.1 Å².